The quantitative estimate of drug-likeness (QED) is 0.771. The molecule has 2 aliphatic heterocycles. The van der Waals surface area contributed by atoms with E-state index < -0.39 is 0 Å². The van der Waals surface area contributed by atoms with Gasteiger partial charge in [-0.2, -0.15) is 11.3 Å². The summed E-state index contributed by atoms with van der Waals surface area (Å²) in [5, 5.41) is 4.26. The normalized spacial score (nSPS) is 17.5. The van der Waals surface area contributed by atoms with Gasteiger partial charge in [0.05, 0.1) is 37.3 Å². The molecule has 1 saturated heterocycles. The molecule has 3 heterocycles. The summed E-state index contributed by atoms with van der Waals surface area (Å²) >= 11 is 1.71. The Balaban J connectivity index is 1.27. The van der Waals surface area contributed by atoms with Crippen LogP contribution in [0, 0.1) is 0 Å². The van der Waals surface area contributed by atoms with E-state index in [0.717, 1.165) is 32.7 Å². The molecule has 2 aliphatic rings. The minimum atomic E-state index is -0.298. The second kappa shape index (κ2) is 7.62. The van der Waals surface area contributed by atoms with Crippen molar-refractivity contribution in [2.45, 2.75) is 13.0 Å². The lowest BCUT2D eigenvalue weighted by molar-refractivity contribution is -0.917. The number of rotatable bonds is 5. The minimum absolute atomic E-state index is 0.0149. The highest BCUT2D eigenvalue weighted by molar-refractivity contribution is 7.07. The summed E-state index contributed by atoms with van der Waals surface area (Å²) in [5.74, 6) is -0.581. The number of piperazine rings is 1. The van der Waals surface area contributed by atoms with Crippen molar-refractivity contribution in [1.82, 2.24) is 9.80 Å². The molecule has 0 atom stereocenters. The molecule has 0 saturated carbocycles. The van der Waals surface area contributed by atoms with Gasteiger partial charge in [-0.3, -0.25) is 19.3 Å². The van der Waals surface area contributed by atoms with Crippen molar-refractivity contribution < 1.29 is 19.3 Å². The fraction of sp³-hybridized carbons (Fsp3) is 0.350. The third-order valence-electron chi connectivity index (χ3n) is 5.28. The monoisotopic (exact) mass is 384 g/mol. The molecule has 27 heavy (non-hydrogen) atoms. The molecule has 6 nitrogen and oxygen atoms in total. The Labute approximate surface area is 162 Å². The van der Waals surface area contributed by atoms with Crippen LogP contribution in [-0.2, 0) is 11.3 Å². The molecule has 0 bridgehead atoms. The highest BCUT2D eigenvalue weighted by Crippen LogP contribution is 2.22. The van der Waals surface area contributed by atoms with Gasteiger partial charge in [-0.25, -0.2) is 0 Å². The second-order valence-electron chi connectivity index (χ2n) is 7.00. The van der Waals surface area contributed by atoms with Gasteiger partial charge in [0, 0.05) is 18.5 Å². The number of benzene rings is 1. The first-order valence-corrected chi connectivity index (χ1v) is 10.2. The lowest BCUT2D eigenvalue weighted by Gasteiger charge is -2.32. The maximum Gasteiger partial charge on any atom is 0.261 e. The second-order valence-corrected chi connectivity index (χ2v) is 7.78. The highest BCUT2D eigenvalue weighted by Gasteiger charge is 2.35. The number of nitrogens with zero attached hydrogens (tertiary/aromatic N) is 2. The Morgan fingerprint density at radius 3 is 2.30 bits per heavy atom. The maximum atomic E-state index is 12.5. The van der Waals surface area contributed by atoms with E-state index in [9.17, 15) is 14.4 Å². The summed E-state index contributed by atoms with van der Waals surface area (Å²) in [6.45, 7) is 4.44. The lowest BCUT2D eigenvalue weighted by atomic mass is 10.1. The topological polar surface area (TPSA) is 62.1 Å². The zero-order valence-electron chi connectivity index (χ0n) is 15.0. The van der Waals surface area contributed by atoms with Gasteiger partial charge in [0.25, 0.3) is 11.8 Å². The zero-order valence-corrected chi connectivity index (χ0v) is 15.8. The molecule has 140 valence electrons. The third kappa shape index (κ3) is 3.65. The first kappa shape index (κ1) is 17.9. The van der Waals surface area contributed by atoms with Gasteiger partial charge < -0.3 is 9.80 Å². The number of carbonyl (C=O) groups excluding carboxylic acids is 3. The molecule has 4 rings (SSSR count). The molecule has 1 aromatic heterocycles. The van der Waals surface area contributed by atoms with E-state index in [1.165, 1.54) is 15.4 Å². The molecule has 7 heteroatoms. The molecule has 0 aliphatic carbocycles. The first-order valence-electron chi connectivity index (χ1n) is 9.21. The van der Waals surface area contributed by atoms with Gasteiger partial charge in [0.15, 0.2) is 0 Å². The van der Waals surface area contributed by atoms with Crippen molar-refractivity contribution in [3.63, 3.8) is 0 Å². The molecule has 1 aromatic carbocycles. The van der Waals surface area contributed by atoms with Crippen molar-refractivity contribution >= 4 is 29.1 Å². The van der Waals surface area contributed by atoms with E-state index in [2.05, 4.69) is 16.8 Å². The van der Waals surface area contributed by atoms with Crippen LogP contribution in [0.25, 0.3) is 0 Å². The molecular formula is C20H22N3O3S+. The van der Waals surface area contributed by atoms with Crippen LogP contribution >= 0.6 is 11.3 Å². The number of thiophene rings is 1. The standard InChI is InChI=1S/C20H21N3O3S/c24-18(22-10-8-21(9-11-22)13-15-6-12-27-14-15)5-7-23-19(25)16-3-1-2-4-17(16)20(23)26/h1-4,6,12,14H,5,7-11,13H2/p+1. The summed E-state index contributed by atoms with van der Waals surface area (Å²) in [6, 6.07) is 8.96. The summed E-state index contributed by atoms with van der Waals surface area (Å²) in [6.07, 6.45) is 0.186. The Bertz CT molecular complexity index is 822. The number of quaternary nitrogens is 1. The summed E-state index contributed by atoms with van der Waals surface area (Å²) in [7, 11) is 0. The predicted octanol–water partition coefficient (Wildman–Crippen LogP) is 0.662. The van der Waals surface area contributed by atoms with Crippen LogP contribution in [0.1, 0.15) is 32.7 Å². The van der Waals surface area contributed by atoms with Gasteiger partial charge in [-0.15, -0.1) is 0 Å². The van der Waals surface area contributed by atoms with Crippen LogP contribution in [0.15, 0.2) is 41.1 Å². The Morgan fingerprint density at radius 1 is 1.04 bits per heavy atom. The van der Waals surface area contributed by atoms with E-state index in [1.54, 1.807) is 35.6 Å². The Hall–Kier alpha value is -2.51. The Morgan fingerprint density at radius 2 is 1.70 bits per heavy atom. The van der Waals surface area contributed by atoms with Crippen molar-refractivity contribution in [3.05, 3.63) is 57.8 Å². The smallest absolute Gasteiger partial charge is 0.261 e. The predicted molar refractivity (Wildman–Crippen MR) is 102 cm³/mol. The number of nitrogens with one attached hydrogen (secondary N) is 1. The van der Waals surface area contributed by atoms with Crippen molar-refractivity contribution in [2.75, 3.05) is 32.7 Å². The fourth-order valence-corrected chi connectivity index (χ4v) is 4.41. The number of carbonyl (C=O) groups is 3. The summed E-state index contributed by atoms with van der Waals surface area (Å²) in [5.41, 5.74) is 2.21. The average molecular weight is 384 g/mol. The molecule has 1 N–H and O–H groups in total. The molecule has 0 spiro atoms. The van der Waals surface area contributed by atoms with E-state index in [4.69, 9.17) is 0 Å². The number of imide groups is 1. The molecule has 3 amide bonds. The van der Waals surface area contributed by atoms with Gasteiger partial charge in [-0.05, 0) is 29.0 Å². The van der Waals surface area contributed by atoms with Gasteiger partial charge >= 0.3 is 0 Å². The number of hydrogen-bond acceptors (Lipinski definition) is 4. The van der Waals surface area contributed by atoms with E-state index in [0.29, 0.717) is 11.1 Å². The largest absolute Gasteiger partial charge is 0.331 e. The highest BCUT2D eigenvalue weighted by atomic mass is 32.1. The maximum absolute atomic E-state index is 12.5. The first-order chi connectivity index (χ1) is 13.1. The third-order valence-corrected chi connectivity index (χ3v) is 6.02. The molecule has 0 radical (unpaired) electrons. The lowest BCUT2D eigenvalue weighted by Crippen LogP contribution is -3.13. The molecule has 2 aromatic rings. The van der Waals surface area contributed by atoms with E-state index in [1.807, 2.05) is 4.90 Å². The SMILES string of the molecule is O=C(CCN1C(=O)c2ccccc2C1=O)N1CC[NH+](Cc2ccsc2)CC1. The summed E-state index contributed by atoms with van der Waals surface area (Å²) < 4.78 is 0. The van der Waals surface area contributed by atoms with Crippen molar-refractivity contribution in [2.24, 2.45) is 0 Å². The van der Waals surface area contributed by atoms with Gasteiger partial charge in [-0.1, -0.05) is 12.1 Å². The molecule has 0 unspecified atom stereocenters. The van der Waals surface area contributed by atoms with E-state index >= 15 is 0 Å². The average Bonchev–Trinajstić information content (AvgIpc) is 3.28. The molecule has 1 fully saturated rings. The van der Waals surface area contributed by atoms with Crippen LogP contribution in [0.3, 0.4) is 0 Å². The van der Waals surface area contributed by atoms with Gasteiger partial charge in [0.2, 0.25) is 5.91 Å². The van der Waals surface area contributed by atoms with Gasteiger partial charge in [0.1, 0.15) is 6.54 Å². The van der Waals surface area contributed by atoms with Crippen LogP contribution in [0.4, 0.5) is 0 Å². The summed E-state index contributed by atoms with van der Waals surface area (Å²) in [4.78, 5) is 41.8. The van der Waals surface area contributed by atoms with Crippen LogP contribution < -0.4 is 4.90 Å². The van der Waals surface area contributed by atoms with Crippen molar-refractivity contribution in [1.29, 1.82) is 0 Å². The zero-order chi connectivity index (χ0) is 18.8. The molecular weight excluding hydrogens is 362 g/mol. The fourth-order valence-electron chi connectivity index (χ4n) is 3.74. The van der Waals surface area contributed by atoms with Crippen molar-refractivity contribution in [3.8, 4) is 0 Å². The number of hydrogen-bond donors (Lipinski definition) is 1. The van der Waals surface area contributed by atoms with Crippen LogP contribution in [0.2, 0.25) is 0 Å². The van der Waals surface area contributed by atoms with E-state index in [-0.39, 0.29) is 30.7 Å². The Kier molecular flexibility index (Phi) is 5.05. The van der Waals surface area contributed by atoms with Crippen LogP contribution in [-0.4, -0.2) is 60.2 Å². The number of amides is 3. The minimum Gasteiger partial charge on any atom is -0.331 e. The number of fused-ring (bicyclic) bond motifs is 1. The van der Waals surface area contributed by atoms with Crippen LogP contribution in [0.5, 0.6) is 0 Å².